The molecule has 16 heavy (non-hydrogen) atoms. The third-order valence-electron chi connectivity index (χ3n) is 2.25. The number of hydrogen-bond donors (Lipinski definition) is 2. The van der Waals surface area contributed by atoms with Crippen LogP contribution in [-0.2, 0) is 11.3 Å². The topological polar surface area (TPSA) is 49.9 Å². The maximum atomic E-state index is 11.7. The second-order valence-corrected chi connectivity index (χ2v) is 3.56. The highest BCUT2D eigenvalue weighted by Crippen LogP contribution is 2.07. The van der Waals surface area contributed by atoms with E-state index < -0.39 is 13.0 Å². The summed E-state index contributed by atoms with van der Waals surface area (Å²) >= 11 is 0. The van der Waals surface area contributed by atoms with Gasteiger partial charge in [0.1, 0.15) is 6.61 Å². The second-order valence-electron chi connectivity index (χ2n) is 3.56. The Balaban J connectivity index is 2.12. The number of aromatic nitrogens is 2. The van der Waals surface area contributed by atoms with E-state index in [0.717, 1.165) is 17.0 Å². The summed E-state index contributed by atoms with van der Waals surface area (Å²) in [5, 5.41) is 10.1. The third kappa shape index (κ3) is 4.24. The van der Waals surface area contributed by atoms with Crippen LogP contribution in [0.1, 0.15) is 17.0 Å². The number of hydrogen-bond acceptors (Lipinski definition) is 3. The molecule has 4 nitrogen and oxygen atoms in total. The van der Waals surface area contributed by atoms with E-state index in [4.69, 9.17) is 4.74 Å². The highest BCUT2D eigenvalue weighted by molar-refractivity contribution is 5.22. The minimum Gasteiger partial charge on any atom is -0.374 e. The summed E-state index contributed by atoms with van der Waals surface area (Å²) in [6, 6.07) is 0. The SMILES string of the molecule is Cc1n[nH]c(C)c1CNCCOCC(F)F. The molecule has 0 fully saturated rings. The lowest BCUT2D eigenvalue weighted by Crippen LogP contribution is -2.21. The van der Waals surface area contributed by atoms with Crippen molar-refractivity contribution in [3.8, 4) is 0 Å². The number of nitrogens with one attached hydrogen (secondary N) is 2. The minimum atomic E-state index is -2.39. The molecule has 1 aromatic heterocycles. The predicted octanol–water partition coefficient (Wildman–Crippen LogP) is 1.40. The Kier molecular flexibility index (Phi) is 5.34. The zero-order chi connectivity index (χ0) is 12.0. The van der Waals surface area contributed by atoms with Crippen LogP contribution in [0.2, 0.25) is 0 Å². The van der Waals surface area contributed by atoms with Gasteiger partial charge in [-0.05, 0) is 13.8 Å². The van der Waals surface area contributed by atoms with E-state index in [9.17, 15) is 8.78 Å². The van der Waals surface area contributed by atoms with E-state index in [1.54, 1.807) is 0 Å². The molecule has 0 aromatic carbocycles. The Morgan fingerprint density at radius 1 is 1.44 bits per heavy atom. The molecule has 2 N–H and O–H groups in total. The quantitative estimate of drug-likeness (QED) is 0.700. The molecular weight excluding hydrogens is 216 g/mol. The van der Waals surface area contributed by atoms with Gasteiger partial charge in [0.15, 0.2) is 0 Å². The fourth-order valence-corrected chi connectivity index (χ4v) is 1.36. The molecule has 0 radical (unpaired) electrons. The van der Waals surface area contributed by atoms with Crippen LogP contribution < -0.4 is 5.32 Å². The highest BCUT2D eigenvalue weighted by Gasteiger charge is 2.05. The molecule has 0 saturated heterocycles. The lowest BCUT2D eigenvalue weighted by molar-refractivity contribution is 0.0187. The van der Waals surface area contributed by atoms with Crippen molar-refractivity contribution < 1.29 is 13.5 Å². The van der Waals surface area contributed by atoms with Gasteiger partial charge in [0, 0.05) is 24.3 Å². The van der Waals surface area contributed by atoms with Gasteiger partial charge in [0.25, 0.3) is 6.43 Å². The van der Waals surface area contributed by atoms with E-state index in [-0.39, 0.29) is 0 Å². The number of nitrogens with zero attached hydrogens (tertiary/aromatic N) is 1. The van der Waals surface area contributed by atoms with E-state index in [1.165, 1.54) is 0 Å². The molecule has 1 rings (SSSR count). The van der Waals surface area contributed by atoms with Crippen LogP contribution >= 0.6 is 0 Å². The molecule has 0 aliphatic carbocycles. The summed E-state index contributed by atoms with van der Waals surface area (Å²) in [5.74, 6) is 0. The Hall–Kier alpha value is -1.01. The van der Waals surface area contributed by atoms with Crippen molar-refractivity contribution in [3.63, 3.8) is 0 Å². The number of aromatic amines is 1. The third-order valence-corrected chi connectivity index (χ3v) is 2.25. The molecule has 0 atom stereocenters. The van der Waals surface area contributed by atoms with Gasteiger partial charge < -0.3 is 10.1 Å². The first-order chi connectivity index (χ1) is 7.61. The normalized spacial score (nSPS) is 11.3. The minimum absolute atomic E-state index is 0.292. The van der Waals surface area contributed by atoms with Gasteiger partial charge in [-0.1, -0.05) is 0 Å². The first kappa shape index (κ1) is 13.1. The summed E-state index contributed by atoms with van der Waals surface area (Å²) in [7, 11) is 0. The van der Waals surface area contributed by atoms with E-state index >= 15 is 0 Å². The van der Waals surface area contributed by atoms with Crippen LogP contribution in [0.5, 0.6) is 0 Å². The molecular formula is C10H17F2N3O. The van der Waals surface area contributed by atoms with Crippen molar-refractivity contribution in [1.29, 1.82) is 0 Å². The standard InChI is InChI=1S/C10H17F2N3O/c1-7-9(8(2)15-14-7)5-13-3-4-16-6-10(11)12/h10,13H,3-6H2,1-2H3,(H,14,15). The maximum Gasteiger partial charge on any atom is 0.261 e. The summed E-state index contributed by atoms with van der Waals surface area (Å²) in [6.07, 6.45) is -2.39. The Labute approximate surface area is 93.4 Å². The lowest BCUT2D eigenvalue weighted by atomic mass is 10.2. The number of aryl methyl sites for hydroxylation is 2. The monoisotopic (exact) mass is 233 g/mol. The van der Waals surface area contributed by atoms with E-state index in [1.807, 2.05) is 13.8 Å². The molecule has 1 aromatic rings. The predicted molar refractivity (Wildman–Crippen MR) is 56.6 cm³/mol. The molecule has 0 amide bonds. The average molecular weight is 233 g/mol. The van der Waals surface area contributed by atoms with Crippen molar-refractivity contribution in [2.24, 2.45) is 0 Å². The Morgan fingerprint density at radius 3 is 2.75 bits per heavy atom. The van der Waals surface area contributed by atoms with E-state index in [2.05, 4.69) is 15.5 Å². The molecule has 0 aliphatic rings. The second kappa shape index (κ2) is 6.55. The smallest absolute Gasteiger partial charge is 0.261 e. The zero-order valence-corrected chi connectivity index (χ0v) is 9.52. The van der Waals surface area contributed by atoms with Gasteiger partial charge in [-0.15, -0.1) is 0 Å². The number of halogens is 2. The largest absolute Gasteiger partial charge is 0.374 e. The molecule has 1 heterocycles. The Morgan fingerprint density at radius 2 is 2.19 bits per heavy atom. The summed E-state index contributed by atoms with van der Waals surface area (Å²) in [4.78, 5) is 0. The van der Waals surface area contributed by atoms with Gasteiger partial charge in [-0.25, -0.2) is 8.78 Å². The van der Waals surface area contributed by atoms with Crippen molar-refractivity contribution >= 4 is 0 Å². The zero-order valence-electron chi connectivity index (χ0n) is 9.52. The van der Waals surface area contributed by atoms with Gasteiger partial charge >= 0.3 is 0 Å². The molecule has 0 bridgehead atoms. The van der Waals surface area contributed by atoms with Crippen LogP contribution in [0.4, 0.5) is 8.78 Å². The molecule has 92 valence electrons. The summed E-state index contributed by atoms with van der Waals surface area (Å²) in [5.41, 5.74) is 3.10. The molecule has 0 spiro atoms. The van der Waals surface area contributed by atoms with Crippen LogP contribution in [-0.4, -0.2) is 36.4 Å². The van der Waals surface area contributed by atoms with E-state index in [0.29, 0.717) is 19.7 Å². The first-order valence-electron chi connectivity index (χ1n) is 5.18. The fraction of sp³-hybridized carbons (Fsp3) is 0.700. The van der Waals surface area contributed by atoms with Gasteiger partial charge in [-0.3, -0.25) is 5.10 Å². The van der Waals surface area contributed by atoms with Gasteiger partial charge in [0.2, 0.25) is 0 Å². The lowest BCUT2D eigenvalue weighted by Gasteiger charge is -2.06. The highest BCUT2D eigenvalue weighted by atomic mass is 19.3. The number of alkyl halides is 2. The maximum absolute atomic E-state index is 11.7. The van der Waals surface area contributed by atoms with Crippen molar-refractivity contribution in [2.45, 2.75) is 26.8 Å². The first-order valence-corrected chi connectivity index (χ1v) is 5.18. The average Bonchev–Trinajstić information content (AvgIpc) is 2.53. The number of H-pyrrole nitrogens is 1. The molecule has 0 saturated carbocycles. The molecule has 0 aliphatic heterocycles. The van der Waals surface area contributed by atoms with Crippen LogP contribution in [0.3, 0.4) is 0 Å². The van der Waals surface area contributed by atoms with Crippen molar-refractivity contribution in [2.75, 3.05) is 19.8 Å². The van der Waals surface area contributed by atoms with Crippen molar-refractivity contribution in [3.05, 3.63) is 17.0 Å². The Bertz CT molecular complexity index is 296. The number of rotatable bonds is 7. The fourth-order valence-electron chi connectivity index (χ4n) is 1.36. The summed E-state index contributed by atoms with van der Waals surface area (Å²) < 4.78 is 28.2. The van der Waals surface area contributed by atoms with Crippen LogP contribution in [0, 0.1) is 13.8 Å². The van der Waals surface area contributed by atoms with Gasteiger partial charge in [-0.2, -0.15) is 5.10 Å². The van der Waals surface area contributed by atoms with Crippen LogP contribution in [0.25, 0.3) is 0 Å². The van der Waals surface area contributed by atoms with Gasteiger partial charge in [0.05, 0.1) is 12.3 Å². The van der Waals surface area contributed by atoms with Crippen LogP contribution in [0.15, 0.2) is 0 Å². The summed E-state index contributed by atoms with van der Waals surface area (Å²) in [6.45, 7) is 4.90. The van der Waals surface area contributed by atoms with Crippen molar-refractivity contribution in [1.82, 2.24) is 15.5 Å². The number of ether oxygens (including phenoxy) is 1. The molecule has 0 unspecified atom stereocenters. The molecule has 6 heteroatoms.